The lowest BCUT2D eigenvalue weighted by atomic mass is 9.91. The number of nitrogens with one attached hydrogen (secondary N) is 1. The Morgan fingerprint density at radius 3 is 2.88 bits per heavy atom. The van der Waals surface area contributed by atoms with E-state index in [0.717, 1.165) is 30.8 Å². The van der Waals surface area contributed by atoms with Gasteiger partial charge in [-0.25, -0.2) is 4.98 Å². The van der Waals surface area contributed by atoms with Crippen LogP contribution in [0.25, 0.3) is 0 Å². The van der Waals surface area contributed by atoms with Gasteiger partial charge in [-0.2, -0.15) is 4.98 Å². The molecule has 26 heavy (non-hydrogen) atoms. The van der Waals surface area contributed by atoms with Crippen molar-refractivity contribution in [3.8, 4) is 0 Å². The lowest BCUT2D eigenvalue weighted by Crippen LogP contribution is -2.29. The van der Waals surface area contributed by atoms with Crippen LogP contribution in [0.4, 0.5) is 11.8 Å². The molecule has 2 heterocycles. The van der Waals surface area contributed by atoms with Gasteiger partial charge in [-0.05, 0) is 37.9 Å². The van der Waals surface area contributed by atoms with E-state index in [-0.39, 0.29) is 0 Å². The van der Waals surface area contributed by atoms with Crippen LogP contribution in [0.3, 0.4) is 0 Å². The lowest BCUT2D eigenvalue weighted by Gasteiger charge is -2.32. The number of hydrogen-bond donors (Lipinski definition) is 2. The van der Waals surface area contributed by atoms with Gasteiger partial charge in [-0.3, -0.25) is 9.88 Å². The van der Waals surface area contributed by atoms with E-state index in [1.807, 2.05) is 37.5 Å². The summed E-state index contributed by atoms with van der Waals surface area (Å²) in [6, 6.07) is 4.56. The van der Waals surface area contributed by atoms with E-state index in [4.69, 9.17) is 5.73 Å². The van der Waals surface area contributed by atoms with Crippen molar-refractivity contribution in [3.63, 3.8) is 0 Å². The summed E-state index contributed by atoms with van der Waals surface area (Å²) >= 11 is 0. The Hall–Kier alpha value is -2.25. The van der Waals surface area contributed by atoms with E-state index in [9.17, 15) is 0 Å². The summed E-state index contributed by atoms with van der Waals surface area (Å²) < 4.78 is 0. The molecule has 7 nitrogen and oxygen atoms in total. The second-order valence-corrected chi connectivity index (χ2v) is 7.02. The molecule has 7 heteroatoms. The van der Waals surface area contributed by atoms with E-state index in [1.165, 1.54) is 17.7 Å². The van der Waals surface area contributed by atoms with Crippen molar-refractivity contribution in [1.82, 2.24) is 19.9 Å². The van der Waals surface area contributed by atoms with Crippen LogP contribution in [0.2, 0.25) is 0 Å². The molecule has 0 bridgehead atoms. The van der Waals surface area contributed by atoms with Crippen LogP contribution < -0.4 is 16.0 Å². The zero-order valence-electron chi connectivity index (χ0n) is 15.9. The van der Waals surface area contributed by atoms with Crippen molar-refractivity contribution in [2.24, 2.45) is 5.73 Å². The van der Waals surface area contributed by atoms with E-state index in [0.29, 0.717) is 25.1 Å². The highest BCUT2D eigenvalue weighted by atomic mass is 15.2. The number of aromatic nitrogens is 3. The van der Waals surface area contributed by atoms with Crippen LogP contribution in [0, 0.1) is 0 Å². The van der Waals surface area contributed by atoms with Gasteiger partial charge in [0.2, 0.25) is 5.95 Å². The largest absolute Gasteiger partial charge is 0.368 e. The highest BCUT2D eigenvalue weighted by Gasteiger charge is 2.25. The highest BCUT2D eigenvalue weighted by molar-refractivity contribution is 5.47. The fourth-order valence-electron chi connectivity index (χ4n) is 3.47. The second-order valence-electron chi connectivity index (χ2n) is 7.02. The van der Waals surface area contributed by atoms with E-state index < -0.39 is 0 Å². The van der Waals surface area contributed by atoms with Crippen molar-refractivity contribution in [2.45, 2.75) is 31.8 Å². The maximum absolute atomic E-state index is 5.66. The minimum atomic E-state index is 0.329. The minimum Gasteiger partial charge on any atom is -0.368 e. The first-order valence-electron chi connectivity index (χ1n) is 9.21. The van der Waals surface area contributed by atoms with Crippen LogP contribution >= 0.6 is 0 Å². The summed E-state index contributed by atoms with van der Waals surface area (Å²) in [6.07, 6.45) is 7.26. The predicted molar refractivity (Wildman–Crippen MR) is 105 cm³/mol. The van der Waals surface area contributed by atoms with Gasteiger partial charge in [-0.1, -0.05) is 6.07 Å². The second kappa shape index (κ2) is 8.42. The molecule has 1 aliphatic rings. The summed E-state index contributed by atoms with van der Waals surface area (Å²) in [6.45, 7) is 2.02. The third-order valence-electron chi connectivity index (χ3n) is 4.81. The number of nitrogens with zero attached hydrogens (tertiary/aromatic N) is 5. The average Bonchev–Trinajstić information content (AvgIpc) is 2.66. The molecule has 0 aromatic carbocycles. The molecule has 1 atom stereocenters. The molecule has 0 spiro atoms. The monoisotopic (exact) mass is 355 g/mol. The lowest BCUT2D eigenvalue weighted by molar-refractivity contribution is 0.208. The highest BCUT2D eigenvalue weighted by Crippen LogP contribution is 2.33. The van der Waals surface area contributed by atoms with Gasteiger partial charge >= 0.3 is 0 Å². The first-order chi connectivity index (χ1) is 12.6. The van der Waals surface area contributed by atoms with E-state index in [1.54, 1.807) is 0 Å². The molecule has 2 aromatic heterocycles. The summed E-state index contributed by atoms with van der Waals surface area (Å²) in [5, 5.41) is 3.34. The topological polar surface area (TPSA) is 83.2 Å². The SMILES string of the molecule is CN(C)c1ncc(CN(C)C2CCCc3cccnc32)c(NCCN)n1. The Morgan fingerprint density at radius 1 is 1.27 bits per heavy atom. The van der Waals surface area contributed by atoms with Crippen LogP contribution in [0.15, 0.2) is 24.5 Å². The number of pyridine rings is 1. The Bertz CT molecular complexity index is 732. The summed E-state index contributed by atoms with van der Waals surface area (Å²) in [7, 11) is 6.04. The number of aryl methyl sites for hydroxylation is 1. The molecule has 0 amide bonds. The molecule has 0 saturated heterocycles. The first kappa shape index (κ1) is 18.5. The molecular weight excluding hydrogens is 326 g/mol. The van der Waals surface area contributed by atoms with E-state index in [2.05, 4.69) is 38.3 Å². The summed E-state index contributed by atoms with van der Waals surface area (Å²) in [5.74, 6) is 1.55. The van der Waals surface area contributed by atoms with Crippen LogP contribution in [-0.2, 0) is 13.0 Å². The van der Waals surface area contributed by atoms with Gasteiger partial charge in [0.25, 0.3) is 0 Å². The normalized spacial score (nSPS) is 16.4. The molecule has 1 unspecified atom stereocenters. The molecule has 2 aromatic rings. The third kappa shape index (κ3) is 4.11. The van der Waals surface area contributed by atoms with Crippen LogP contribution in [0.1, 0.15) is 35.7 Å². The van der Waals surface area contributed by atoms with Gasteiger partial charge in [0.05, 0.1) is 11.7 Å². The van der Waals surface area contributed by atoms with Crippen molar-refractivity contribution >= 4 is 11.8 Å². The molecule has 3 N–H and O–H groups in total. The van der Waals surface area contributed by atoms with Gasteiger partial charge in [0, 0.05) is 51.7 Å². The number of hydrogen-bond acceptors (Lipinski definition) is 7. The number of rotatable bonds is 7. The van der Waals surface area contributed by atoms with Gasteiger partial charge < -0.3 is 16.0 Å². The zero-order valence-corrected chi connectivity index (χ0v) is 15.9. The van der Waals surface area contributed by atoms with Crippen LogP contribution in [0.5, 0.6) is 0 Å². The molecule has 3 rings (SSSR count). The fraction of sp³-hybridized carbons (Fsp3) is 0.526. The first-order valence-corrected chi connectivity index (χ1v) is 9.21. The number of anilines is 2. The molecule has 0 aliphatic heterocycles. The summed E-state index contributed by atoms with van der Waals surface area (Å²) in [4.78, 5) is 18.1. The number of nitrogens with two attached hydrogens (primary N) is 1. The van der Waals surface area contributed by atoms with Gasteiger partial charge in [0.15, 0.2) is 0 Å². The molecule has 0 saturated carbocycles. The molecule has 1 aliphatic carbocycles. The quantitative estimate of drug-likeness (QED) is 0.784. The van der Waals surface area contributed by atoms with Crippen LogP contribution in [-0.4, -0.2) is 54.1 Å². The van der Waals surface area contributed by atoms with Crippen molar-refractivity contribution < 1.29 is 0 Å². The molecule has 0 fully saturated rings. The smallest absolute Gasteiger partial charge is 0.226 e. The maximum atomic E-state index is 5.66. The van der Waals surface area contributed by atoms with Crippen molar-refractivity contribution in [3.05, 3.63) is 41.3 Å². The Balaban J connectivity index is 1.82. The maximum Gasteiger partial charge on any atom is 0.226 e. The van der Waals surface area contributed by atoms with Gasteiger partial charge in [0.1, 0.15) is 5.82 Å². The third-order valence-corrected chi connectivity index (χ3v) is 4.81. The minimum absolute atomic E-state index is 0.329. The van der Waals surface area contributed by atoms with Gasteiger partial charge in [-0.15, -0.1) is 0 Å². The van der Waals surface area contributed by atoms with Crippen molar-refractivity contribution in [1.29, 1.82) is 0 Å². The molecule has 140 valence electrons. The predicted octanol–water partition coefficient (Wildman–Crippen LogP) is 1.82. The Morgan fingerprint density at radius 2 is 2.12 bits per heavy atom. The van der Waals surface area contributed by atoms with E-state index >= 15 is 0 Å². The summed E-state index contributed by atoms with van der Waals surface area (Å²) in [5.41, 5.74) is 9.32. The number of fused-ring (bicyclic) bond motifs is 1. The Kier molecular flexibility index (Phi) is 6.00. The van der Waals surface area contributed by atoms with Crippen molar-refractivity contribution in [2.75, 3.05) is 44.4 Å². The zero-order chi connectivity index (χ0) is 18.5. The Labute approximate surface area is 155 Å². The average molecular weight is 355 g/mol. The fourth-order valence-corrected chi connectivity index (χ4v) is 3.47. The molecule has 0 radical (unpaired) electrons. The molecular formula is C19H29N7. The standard InChI is InChI=1S/C19H29N7/c1-25(2)19-23-12-15(18(24-19)22-11-9-20)13-26(3)16-8-4-6-14-7-5-10-21-17(14)16/h5,7,10,12,16H,4,6,8-9,11,13,20H2,1-3H3,(H,22,23,24).